The summed E-state index contributed by atoms with van der Waals surface area (Å²) in [6, 6.07) is 59.9. The molecule has 0 unspecified atom stereocenters. The Balaban J connectivity index is 1.11. The Bertz CT molecular complexity index is 3540. The average Bonchev–Trinajstić information content (AvgIpc) is 3.96. The van der Waals surface area contributed by atoms with E-state index in [1.165, 1.54) is 0 Å². The first-order valence-electron chi connectivity index (χ1n) is 18.9. The molecule has 57 heavy (non-hydrogen) atoms. The van der Waals surface area contributed by atoms with Gasteiger partial charge in [-0.15, -0.1) is 0 Å². The number of para-hydroxylation sites is 2. The molecule has 8 aromatic carbocycles. The molecule has 6 heteroatoms. The van der Waals surface area contributed by atoms with Crippen LogP contribution in [0.25, 0.3) is 122 Å². The SMILES string of the molecule is c1ccc(-c2ccccc2-c2cccc(-c3nc(-c4cccc5oc6ccccc6c45)nc(-c4cccc5oc6cc7c(cc6c45)oc4ccccc47)n3)c2)cc1. The molecule has 0 bridgehead atoms. The number of nitrogens with zero attached hydrogens (tertiary/aromatic N) is 3. The molecule has 0 N–H and O–H groups in total. The van der Waals surface area contributed by atoms with E-state index in [2.05, 4.69) is 109 Å². The number of rotatable bonds is 5. The smallest absolute Gasteiger partial charge is 0.164 e. The zero-order valence-corrected chi connectivity index (χ0v) is 30.3. The number of furan rings is 3. The van der Waals surface area contributed by atoms with E-state index in [0.29, 0.717) is 17.5 Å². The Morgan fingerprint density at radius 3 is 1.47 bits per heavy atom. The molecule has 0 amide bonds. The molecule has 6 nitrogen and oxygen atoms in total. The molecule has 12 aromatic rings. The minimum Gasteiger partial charge on any atom is -0.456 e. The van der Waals surface area contributed by atoms with Crippen LogP contribution in [0.3, 0.4) is 0 Å². The van der Waals surface area contributed by atoms with Crippen LogP contribution in [0.2, 0.25) is 0 Å². The first-order chi connectivity index (χ1) is 28.2. The molecule has 4 aromatic heterocycles. The van der Waals surface area contributed by atoms with E-state index in [9.17, 15) is 0 Å². The van der Waals surface area contributed by atoms with Gasteiger partial charge in [-0.1, -0.05) is 133 Å². The third-order valence-electron chi connectivity index (χ3n) is 11.0. The van der Waals surface area contributed by atoms with Gasteiger partial charge in [0.05, 0.1) is 0 Å². The van der Waals surface area contributed by atoms with E-state index >= 15 is 0 Å². The molecule has 0 radical (unpaired) electrons. The lowest BCUT2D eigenvalue weighted by atomic mass is 9.93. The maximum Gasteiger partial charge on any atom is 0.164 e. The Morgan fingerprint density at radius 2 is 0.719 bits per heavy atom. The highest BCUT2D eigenvalue weighted by Gasteiger charge is 2.22. The van der Waals surface area contributed by atoms with Gasteiger partial charge in [-0.25, -0.2) is 15.0 Å². The summed E-state index contributed by atoms with van der Waals surface area (Å²) < 4.78 is 19.2. The summed E-state index contributed by atoms with van der Waals surface area (Å²) in [4.78, 5) is 15.8. The summed E-state index contributed by atoms with van der Waals surface area (Å²) in [5.74, 6) is 1.64. The lowest BCUT2D eigenvalue weighted by Crippen LogP contribution is -2.01. The fourth-order valence-electron chi connectivity index (χ4n) is 8.37. The van der Waals surface area contributed by atoms with Crippen molar-refractivity contribution >= 4 is 65.8 Å². The van der Waals surface area contributed by atoms with Gasteiger partial charge in [0.25, 0.3) is 0 Å². The molecule has 0 spiro atoms. The summed E-state index contributed by atoms with van der Waals surface area (Å²) in [5, 5.41) is 5.87. The van der Waals surface area contributed by atoms with Crippen molar-refractivity contribution in [2.45, 2.75) is 0 Å². The molecule has 0 aliphatic heterocycles. The van der Waals surface area contributed by atoms with E-state index in [1.54, 1.807) is 0 Å². The van der Waals surface area contributed by atoms with Crippen molar-refractivity contribution in [3.63, 3.8) is 0 Å². The lowest BCUT2D eigenvalue weighted by Gasteiger charge is -2.13. The van der Waals surface area contributed by atoms with Crippen LogP contribution in [-0.2, 0) is 0 Å². The third kappa shape index (κ3) is 5.01. The van der Waals surface area contributed by atoms with Crippen molar-refractivity contribution in [3.05, 3.63) is 176 Å². The van der Waals surface area contributed by atoms with Gasteiger partial charge in [0.15, 0.2) is 17.5 Å². The van der Waals surface area contributed by atoms with Crippen LogP contribution in [-0.4, -0.2) is 15.0 Å². The van der Waals surface area contributed by atoms with E-state index in [-0.39, 0.29) is 0 Å². The second-order valence-corrected chi connectivity index (χ2v) is 14.3. The van der Waals surface area contributed by atoms with Gasteiger partial charge in [-0.2, -0.15) is 0 Å². The standard InChI is InChI=1S/C51H29N3O3/c1-2-13-30(14-3-1)33-17-4-5-18-34(33)31-15-10-16-32(27-31)49-52-50(37-21-11-25-43-47(37)36-20-7-9-24-42(36)55-43)54-51(53-49)38-22-12-26-44-48(38)40-29-45-39(28-46(40)57-44)35-19-6-8-23-41(35)56-45/h1-29H. The van der Waals surface area contributed by atoms with Crippen molar-refractivity contribution < 1.29 is 13.3 Å². The summed E-state index contributed by atoms with van der Waals surface area (Å²) >= 11 is 0. The zero-order valence-electron chi connectivity index (χ0n) is 30.3. The van der Waals surface area contributed by atoms with Crippen molar-refractivity contribution in [3.8, 4) is 56.4 Å². The highest BCUT2D eigenvalue weighted by Crippen LogP contribution is 2.42. The van der Waals surface area contributed by atoms with Gasteiger partial charge >= 0.3 is 0 Å². The highest BCUT2D eigenvalue weighted by atomic mass is 16.3. The first kappa shape index (κ1) is 31.5. The largest absolute Gasteiger partial charge is 0.456 e. The molecule has 12 rings (SSSR count). The minimum atomic E-state index is 0.535. The third-order valence-corrected chi connectivity index (χ3v) is 11.0. The molecule has 0 saturated carbocycles. The molecular weight excluding hydrogens is 703 g/mol. The van der Waals surface area contributed by atoms with Gasteiger partial charge in [0, 0.05) is 49.0 Å². The second kappa shape index (κ2) is 12.3. The van der Waals surface area contributed by atoms with Crippen LogP contribution in [0.5, 0.6) is 0 Å². The topological polar surface area (TPSA) is 78.1 Å². The second-order valence-electron chi connectivity index (χ2n) is 14.3. The van der Waals surface area contributed by atoms with Gasteiger partial charge in [0.2, 0.25) is 0 Å². The summed E-state index contributed by atoms with van der Waals surface area (Å²) in [6.45, 7) is 0. The Kier molecular flexibility index (Phi) is 6.83. The number of aromatic nitrogens is 3. The van der Waals surface area contributed by atoms with Crippen LogP contribution >= 0.6 is 0 Å². The first-order valence-corrected chi connectivity index (χ1v) is 18.9. The van der Waals surface area contributed by atoms with Gasteiger partial charge in [-0.05, 0) is 64.7 Å². The highest BCUT2D eigenvalue weighted by molar-refractivity contribution is 6.18. The van der Waals surface area contributed by atoms with Crippen LogP contribution in [0.1, 0.15) is 0 Å². The summed E-state index contributed by atoms with van der Waals surface area (Å²) in [6.07, 6.45) is 0. The van der Waals surface area contributed by atoms with E-state index in [1.807, 2.05) is 66.7 Å². The predicted molar refractivity (Wildman–Crippen MR) is 229 cm³/mol. The molecular formula is C51H29N3O3. The quantitative estimate of drug-likeness (QED) is 0.175. The maximum absolute atomic E-state index is 6.55. The predicted octanol–water partition coefficient (Wildman–Crippen LogP) is 13.9. The van der Waals surface area contributed by atoms with Crippen molar-refractivity contribution in [2.24, 2.45) is 0 Å². The maximum atomic E-state index is 6.55. The van der Waals surface area contributed by atoms with E-state index in [4.69, 9.17) is 28.2 Å². The lowest BCUT2D eigenvalue weighted by molar-refractivity contribution is 0.664. The Labute approximate surface area is 325 Å². The minimum absolute atomic E-state index is 0.535. The average molecular weight is 732 g/mol. The van der Waals surface area contributed by atoms with Crippen molar-refractivity contribution in [1.29, 1.82) is 0 Å². The summed E-state index contributed by atoms with van der Waals surface area (Å²) in [7, 11) is 0. The van der Waals surface area contributed by atoms with Crippen LogP contribution in [0, 0.1) is 0 Å². The van der Waals surface area contributed by atoms with Crippen LogP contribution in [0.15, 0.2) is 189 Å². The van der Waals surface area contributed by atoms with Gasteiger partial charge in [0.1, 0.15) is 33.5 Å². The number of hydrogen-bond acceptors (Lipinski definition) is 6. The number of fused-ring (bicyclic) bond motifs is 9. The van der Waals surface area contributed by atoms with Gasteiger partial charge in [-0.3, -0.25) is 0 Å². The van der Waals surface area contributed by atoms with Gasteiger partial charge < -0.3 is 13.3 Å². The molecule has 4 heterocycles. The fraction of sp³-hybridized carbons (Fsp3) is 0. The number of hydrogen-bond donors (Lipinski definition) is 0. The van der Waals surface area contributed by atoms with Crippen LogP contribution < -0.4 is 0 Å². The molecule has 0 saturated heterocycles. The molecule has 0 aliphatic carbocycles. The summed E-state index contributed by atoms with van der Waals surface area (Å²) in [5.41, 5.74) is 11.8. The van der Waals surface area contributed by atoms with Crippen LogP contribution in [0.4, 0.5) is 0 Å². The number of benzene rings is 8. The van der Waals surface area contributed by atoms with Crippen molar-refractivity contribution in [1.82, 2.24) is 15.0 Å². The molecule has 0 atom stereocenters. The fourth-order valence-corrected chi connectivity index (χ4v) is 8.37. The normalized spacial score (nSPS) is 11.9. The molecule has 266 valence electrons. The van der Waals surface area contributed by atoms with E-state index < -0.39 is 0 Å². The van der Waals surface area contributed by atoms with Crippen molar-refractivity contribution in [2.75, 3.05) is 0 Å². The molecule has 0 aliphatic rings. The monoisotopic (exact) mass is 731 g/mol. The Morgan fingerprint density at radius 1 is 0.263 bits per heavy atom. The van der Waals surface area contributed by atoms with E-state index in [0.717, 1.165) is 105 Å². The Hall–Kier alpha value is -7.83. The zero-order chi connectivity index (χ0) is 37.5. The molecule has 0 fully saturated rings.